The average molecular weight is 1130 g/mol. The number of carbonyl (C=O) groups excluding carboxylic acids is 2. The lowest BCUT2D eigenvalue weighted by atomic mass is 9.99. The number of aliphatic hydroxyl groups is 5. The number of ether oxygens (including phenoxy) is 3. The molecule has 7 atom stereocenters. The molecule has 1 heterocycles. The molecule has 0 spiro atoms. The maximum Gasteiger partial charge on any atom is 0.305 e. The molecule has 1 fully saturated rings. The monoisotopic (exact) mass is 1130 g/mol. The lowest BCUT2D eigenvalue weighted by molar-refractivity contribution is -0.302. The Kier molecular flexibility index (Phi) is 55.6. The van der Waals surface area contributed by atoms with Gasteiger partial charge in [-0.2, -0.15) is 0 Å². The van der Waals surface area contributed by atoms with Crippen molar-refractivity contribution in [1.29, 1.82) is 0 Å². The van der Waals surface area contributed by atoms with Gasteiger partial charge in [0.05, 0.1) is 32.0 Å². The zero-order valence-corrected chi connectivity index (χ0v) is 52.1. The van der Waals surface area contributed by atoms with Crippen LogP contribution in [0.1, 0.15) is 328 Å². The number of hydrogen-bond acceptors (Lipinski definition) is 10. The molecule has 470 valence electrons. The summed E-state index contributed by atoms with van der Waals surface area (Å²) in [4.78, 5) is 25.1. The van der Waals surface area contributed by atoms with E-state index in [1.54, 1.807) is 6.08 Å². The molecular formula is C69H129NO10. The molecule has 0 aromatic carbocycles. The summed E-state index contributed by atoms with van der Waals surface area (Å²) in [6.07, 6.45) is 64.0. The number of amides is 1. The van der Waals surface area contributed by atoms with Crippen LogP contribution in [0.4, 0.5) is 0 Å². The predicted molar refractivity (Wildman–Crippen MR) is 334 cm³/mol. The Morgan fingerprint density at radius 2 is 0.812 bits per heavy atom. The van der Waals surface area contributed by atoms with Crippen molar-refractivity contribution in [2.24, 2.45) is 0 Å². The Balaban J connectivity index is 2.02. The third-order valence-corrected chi connectivity index (χ3v) is 16.2. The molecule has 1 saturated heterocycles. The van der Waals surface area contributed by atoms with E-state index in [2.05, 4.69) is 43.5 Å². The summed E-state index contributed by atoms with van der Waals surface area (Å²) in [6, 6.07) is -0.833. The maximum atomic E-state index is 13.1. The van der Waals surface area contributed by atoms with Crippen LogP contribution in [0.2, 0.25) is 0 Å². The molecule has 0 aliphatic carbocycles. The van der Waals surface area contributed by atoms with Crippen LogP contribution in [0, 0.1) is 0 Å². The van der Waals surface area contributed by atoms with Crippen LogP contribution >= 0.6 is 0 Å². The third kappa shape index (κ3) is 47.3. The lowest BCUT2D eigenvalue weighted by Gasteiger charge is -2.40. The standard InChI is InChI=1S/C69H129NO10/c1-3-5-7-9-11-13-15-16-29-32-36-39-43-47-51-55-62(72)61(60-79-69-68(77)67(76)66(75)63(59-71)80-69)70-64(73)56-52-48-44-40-37-33-30-27-25-23-21-19-17-18-20-22-24-26-28-31-34-38-42-46-50-54-58-78-65(74)57-53-49-45-41-35-14-12-10-8-6-4-2/h15-16,36,39,51,55,61-63,66-69,71-72,75-77H,3-14,17-35,37-38,40-50,52-54,56-60H2,1-2H3,(H,70,73)/b16-15+,39-36+,55-51+. The van der Waals surface area contributed by atoms with Gasteiger partial charge >= 0.3 is 5.97 Å². The van der Waals surface area contributed by atoms with Crippen molar-refractivity contribution in [3.63, 3.8) is 0 Å². The predicted octanol–water partition coefficient (Wildman–Crippen LogP) is 17.0. The molecule has 11 heteroatoms. The van der Waals surface area contributed by atoms with Crippen molar-refractivity contribution in [2.45, 2.75) is 371 Å². The number of rotatable bonds is 60. The lowest BCUT2D eigenvalue weighted by Crippen LogP contribution is -2.60. The Morgan fingerprint density at radius 3 is 1.24 bits per heavy atom. The van der Waals surface area contributed by atoms with E-state index in [-0.39, 0.29) is 18.5 Å². The van der Waals surface area contributed by atoms with Gasteiger partial charge in [-0.15, -0.1) is 0 Å². The summed E-state index contributed by atoms with van der Waals surface area (Å²) in [5, 5.41) is 54.5. The van der Waals surface area contributed by atoms with Crippen molar-refractivity contribution in [1.82, 2.24) is 5.32 Å². The van der Waals surface area contributed by atoms with E-state index in [4.69, 9.17) is 14.2 Å². The van der Waals surface area contributed by atoms with Gasteiger partial charge in [-0.3, -0.25) is 9.59 Å². The van der Waals surface area contributed by atoms with Crippen molar-refractivity contribution in [2.75, 3.05) is 19.8 Å². The van der Waals surface area contributed by atoms with Gasteiger partial charge in [0.2, 0.25) is 5.91 Å². The van der Waals surface area contributed by atoms with Crippen molar-refractivity contribution in [3.8, 4) is 0 Å². The molecule has 11 nitrogen and oxygen atoms in total. The molecule has 0 aromatic rings. The highest BCUT2D eigenvalue weighted by atomic mass is 16.7. The summed E-state index contributed by atoms with van der Waals surface area (Å²) in [7, 11) is 0. The second-order valence-electron chi connectivity index (χ2n) is 23.9. The highest BCUT2D eigenvalue weighted by molar-refractivity contribution is 5.76. The maximum absolute atomic E-state index is 13.1. The summed E-state index contributed by atoms with van der Waals surface area (Å²) >= 11 is 0. The van der Waals surface area contributed by atoms with E-state index >= 15 is 0 Å². The average Bonchev–Trinajstić information content (AvgIpc) is 3.45. The van der Waals surface area contributed by atoms with Gasteiger partial charge in [0.15, 0.2) is 6.29 Å². The number of allylic oxidation sites excluding steroid dienone is 5. The minimum Gasteiger partial charge on any atom is -0.466 e. The molecule has 0 aromatic heterocycles. The van der Waals surface area contributed by atoms with Crippen LogP contribution in [-0.4, -0.2) is 100 Å². The fraction of sp³-hybridized carbons (Fsp3) is 0.884. The zero-order chi connectivity index (χ0) is 58.0. The molecule has 0 bridgehead atoms. The quantitative estimate of drug-likeness (QED) is 0.0195. The number of aliphatic hydroxyl groups excluding tert-OH is 5. The fourth-order valence-corrected chi connectivity index (χ4v) is 10.8. The number of nitrogens with one attached hydrogen (secondary N) is 1. The first kappa shape index (κ1) is 75.9. The molecule has 7 unspecified atom stereocenters. The number of unbranched alkanes of at least 4 members (excludes halogenated alkanes) is 42. The van der Waals surface area contributed by atoms with E-state index in [0.717, 1.165) is 70.6 Å². The molecule has 6 N–H and O–H groups in total. The Labute approximate surface area is 492 Å². The van der Waals surface area contributed by atoms with Gasteiger partial charge in [0.1, 0.15) is 24.4 Å². The number of carbonyl (C=O) groups is 2. The van der Waals surface area contributed by atoms with E-state index in [9.17, 15) is 35.1 Å². The minimum atomic E-state index is -1.58. The SMILES string of the molecule is CCCCCCC/C=C/CC/C=C/CC/C=C/C(O)C(COC1OC(CO)C(O)C(O)C1O)NC(=O)CCCCCCCCCCCCCCCCCCCCCCCCCCCCOC(=O)CCCCCCCCCCCCC. The number of esters is 1. The highest BCUT2D eigenvalue weighted by Gasteiger charge is 2.44. The first-order chi connectivity index (χ1) is 39.2. The van der Waals surface area contributed by atoms with Crippen molar-refractivity contribution >= 4 is 11.9 Å². The second kappa shape index (κ2) is 58.6. The summed E-state index contributed by atoms with van der Waals surface area (Å²) < 4.78 is 16.7. The molecule has 1 rings (SSSR count). The van der Waals surface area contributed by atoms with Gasteiger partial charge < -0.3 is 45.1 Å². The van der Waals surface area contributed by atoms with Gasteiger partial charge in [0, 0.05) is 12.8 Å². The normalized spacial score (nSPS) is 18.5. The topological polar surface area (TPSA) is 175 Å². The van der Waals surface area contributed by atoms with Crippen molar-refractivity contribution in [3.05, 3.63) is 36.5 Å². The van der Waals surface area contributed by atoms with Crippen LogP contribution in [0.25, 0.3) is 0 Å². The molecule has 0 radical (unpaired) electrons. The molecule has 1 amide bonds. The largest absolute Gasteiger partial charge is 0.466 e. The summed E-state index contributed by atoms with van der Waals surface area (Å²) in [6.45, 7) is 4.34. The number of hydrogen-bond donors (Lipinski definition) is 6. The van der Waals surface area contributed by atoms with E-state index in [0.29, 0.717) is 19.4 Å². The van der Waals surface area contributed by atoms with Gasteiger partial charge in [0.25, 0.3) is 0 Å². The first-order valence-corrected chi connectivity index (χ1v) is 34.3. The molecule has 1 aliphatic rings. The van der Waals surface area contributed by atoms with Crippen LogP contribution in [-0.2, 0) is 23.8 Å². The summed E-state index contributed by atoms with van der Waals surface area (Å²) in [5.74, 6) is -0.186. The fourth-order valence-electron chi connectivity index (χ4n) is 10.8. The van der Waals surface area contributed by atoms with Gasteiger partial charge in [-0.05, 0) is 57.8 Å². The van der Waals surface area contributed by atoms with Crippen molar-refractivity contribution < 1.29 is 49.3 Å². The first-order valence-electron chi connectivity index (χ1n) is 34.3. The molecular weight excluding hydrogens is 1000 g/mol. The van der Waals surface area contributed by atoms with Crippen LogP contribution in [0.15, 0.2) is 36.5 Å². The minimum absolute atomic E-state index is 0.00661. The van der Waals surface area contributed by atoms with Crippen LogP contribution < -0.4 is 5.32 Å². The Morgan fingerprint density at radius 1 is 0.450 bits per heavy atom. The smallest absolute Gasteiger partial charge is 0.305 e. The van der Waals surface area contributed by atoms with E-state index in [1.165, 1.54) is 231 Å². The Hall–Kier alpha value is -2.12. The molecule has 1 aliphatic heterocycles. The Bertz CT molecular complexity index is 1420. The van der Waals surface area contributed by atoms with E-state index < -0.39 is 49.5 Å². The zero-order valence-electron chi connectivity index (χ0n) is 52.1. The highest BCUT2D eigenvalue weighted by Crippen LogP contribution is 2.23. The van der Waals surface area contributed by atoms with Gasteiger partial charge in [-0.25, -0.2) is 0 Å². The third-order valence-electron chi connectivity index (χ3n) is 16.2. The second-order valence-corrected chi connectivity index (χ2v) is 23.9. The van der Waals surface area contributed by atoms with Crippen LogP contribution in [0.5, 0.6) is 0 Å². The molecule has 80 heavy (non-hydrogen) atoms. The summed E-state index contributed by atoms with van der Waals surface area (Å²) in [5.41, 5.74) is 0. The van der Waals surface area contributed by atoms with Gasteiger partial charge in [-0.1, -0.05) is 294 Å². The van der Waals surface area contributed by atoms with E-state index in [1.807, 2.05) is 6.08 Å². The van der Waals surface area contributed by atoms with Crippen LogP contribution in [0.3, 0.4) is 0 Å². The molecule has 0 saturated carbocycles.